The summed E-state index contributed by atoms with van der Waals surface area (Å²) in [6.07, 6.45) is 2.41. The third-order valence-electron chi connectivity index (χ3n) is 2.62. The normalized spacial score (nSPS) is 11.7. The number of carbonyl (C=O) groups excluding carboxylic acids is 1. The van der Waals surface area contributed by atoms with Crippen molar-refractivity contribution < 1.29 is 4.79 Å². The van der Waals surface area contributed by atoms with Gasteiger partial charge < -0.3 is 16.0 Å². The van der Waals surface area contributed by atoms with Gasteiger partial charge in [0.1, 0.15) is 0 Å². The van der Waals surface area contributed by atoms with Gasteiger partial charge in [-0.15, -0.1) is 24.8 Å². The lowest BCUT2D eigenvalue weighted by atomic mass is 10.0. The maximum absolute atomic E-state index is 11.4. The number of amides is 1. The molecule has 0 spiro atoms. The molecule has 6 heteroatoms. The number of nitrogens with two attached hydrogens (primary N) is 1. The van der Waals surface area contributed by atoms with Crippen molar-refractivity contribution in [2.75, 3.05) is 27.2 Å². The molecule has 1 unspecified atom stereocenters. The van der Waals surface area contributed by atoms with Gasteiger partial charge in [-0.05, 0) is 39.4 Å². The minimum atomic E-state index is 0. The Balaban J connectivity index is -0.00000112. The van der Waals surface area contributed by atoms with Crippen molar-refractivity contribution in [3.05, 3.63) is 0 Å². The molecule has 1 atom stereocenters. The summed E-state index contributed by atoms with van der Waals surface area (Å²) in [6, 6.07) is 0.418. The molecule has 0 aromatic heterocycles. The first-order valence-corrected chi connectivity index (χ1v) is 6.10. The van der Waals surface area contributed by atoms with Crippen molar-refractivity contribution in [2.24, 2.45) is 11.7 Å². The molecule has 0 aromatic carbocycles. The van der Waals surface area contributed by atoms with Crippen molar-refractivity contribution >= 4 is 30.7 Å². The summed E-state index contributed by atoms with van der Waals surface area (Å²) >= 11 is 0. The van der Waals surface area contributed by atoms with Gasteiger partial charge in [0.2, 0.25) is 5.91 Å². The standard InChI is InChI=1S/C12H27N3O.2ClH/c1-10(2)8-11(15(3)4)9-14-12(16)6-5-7-13;;/h10-11H,5-9,13H2,1-4H3,(H,14,16);2*1H. The van der Waals surface area contributed by atoms with Crippen molar-refractivity contribution in [2.45, 2.75) is 39.2 Å². The van der Waals surface area contributed by atoms with E-state index in [2.05, 4.69) is 38.2 Å². The van der Waals surface area contributed by atoms with Crippen LogP contribution in [0.5, 0.6) is 0 Å². The summed E-state index contributed by atoms with van der Waals surface area (Å²) in [4.78, 5) is 13.6. The molecule has 18 heavy (non-hydrogen) atoms. The Labute approximate surface area is 124 Å². The van der Waals surface area contributed by atoms with E-state index in [4.69, 9.17) is 5.73 Å². The molecular formula is C12H29Cl2N3O. The van der Waals surface area contributed by atoms with Crippen LogP contribution in [0.15, 0.2) is 0 Å². The number of hydrogen-bond acceptors (Lipinski definition) is 3. The van der Waals surface area contributed by atoms with Crippen molar-refractivity contribution in [1.29, 1.82) is 0 Å². The van der Waals surface area contributed by atoms with E-state index < -0.39 is 0 Å². The molecule has 3 N–H and O–H groups in total. The minimum Gasteiger partial charge on any atom is -0.355 e. The maximum Gasteiger partial charge on any atom is 0.220 e. The van der Waals surface area contributed by atoms with Gasteiger partial charge in [-0.25, -0.2) is 0 Å². The molecule has 0 fully saturated rings. The minimum absolute atomic E-state index is 0. The van der Waals surface area contributed by atoms with Crippen LogP contribution in [0.4, 0.5) is 0 Å². The van der Waals surface area contributed by atoms with Crippen LogP contribution in [0.1, 0.15) is 33.1 Å². The Morgan fingerprint density at radius 3 is 2.22 bits per heavy atom. The van der Waals surface area contributed by atoms with Gasteiger partial charge in [0.25, 0.3) is 0 Å². The van der Waals surface area contributed by atoms with E-state index in [1.165, 1.54) is 0 Å². The summed E-state index contributed by atoms with van der Waals surface area (Å²) in [5, 5.41) is 2.97. The number of nitrogens with zero attached hydrogens (tertiary/aromatic N) is 1. The predicted octanol–water partition coefficient (Wildman–Crippen LogP) is 1.66. The number of carbonyl (C=O) groups is 1. The molecule has 1 amide bonds. The summed E-state index contributed by atoms with van der Waals surface area (Å²) < 4.78 is 0. The second-order valence-corrected chi connectivity index (χ2v) is 4.94. The topological polar surface area (TPSA) is 58.4 Å². The molecule has 0 aliphatic heterocycles. The molecule has 112 valence electrons. The van der Waals surface area contributed by atoms with Crippen LogP contribution in [0.2, 0.25) is 0 Å². The Morgan fingerprint density at radius 1 is 1.28 bits per heavy atom. The Morgan fingerprint density at radius 2 is 1.83 bits per heavy atom. The van der Waals surface area contributed by atoms with Crippen molar-refractivity contribution in [3.8, 4) is 0 Å². The molecule has 0 radical (unpaired) electrons. The Kier molecular flexibility index (Phi) is 17.2. The highest BCUT2D eigenvalue weighted by molar-refractivity contribution is 5.85. The first kappa shape index (κ1) is 23.1. The van der Waals surface area contributed by atoms with Crippen LogP contribution in [-0.4, -0.2) is 44.0 Å². The smallest absolute Gasteiger partial charge is 0.220 e. The van der Waals surface area contributed by atoms with Gasteiger partial charge >= 0.3 is 0 Å². The highest BCUT2D eigenvalue weighted by Gasteiger charge is 2.14. The predicted molar refractivity (Wildman–Crippen MR) is 82.7 cm³/mol. The Hall–Kier alpha value is -0.0300. The van der Waals surface area contributed by atoms with Crippen LogP contribution >= 0.6 is 24.8 Å². The second-order valence-electron chi connectivity index (χ2n) is 4.94. The molecular weight excluding hydrogens is 273 g/mol. The van der Waals surface area contributed by atoms with E-state index in [1.807, 2.05) is 0 Å². The molecule has 0 saturated carbocycles. The van der Waals surface area contributed by atoms with Crippen LogP contribution < -0.4 is 11.1 Å². The molecule has 0 rings (SSSR count). The third-order valence-corrected chi connectivity index (χ3v) is 2.62. The molecule has 0 aliphatic rings. The van der Waals surface area contributed by atoms with E-state index in [1.54, 1.807) is 0 Å². The van der Waals surface area contributed by atoms with Crippen molar-refractivity contribution in [1.82, 2.24) is 10.2 Å². The zero-order valence-electron chi connectivity index (χ0n) is 11.9. The van der Waals surface area contributed by atoms with Gasteiger partial charge in [-0.3, -0.25) is 4.79 Å². The summed E-state index contributed by atoms with van der Waals surface area (Å²) in [5.41, 5.74) is 5.36. The van der Waals surface area contributed by atoms with Crippen LogP contribution in [-0.2, 0) is 4.79 Å². The van der Waals surface area contributed by atoms with E-state index in [0.29, 0.717) is 24.9 Å². The number of rotatable bonds is 8. The fraction of sp³-hybridized carbons (Fsp3) is 0.917. The zero-order valence-corrected chi connectivity index (χ0v) is 13.6. The zero-order chi connectivity index (χ0) is 12.6. The quantitative estimate of drug-likeness (QED) is 0.717. The number of likely N-dealkylation sites (N-methyl/N-ethyl adjacent to an activating group) is 1. The average Bonchev–Trinajstić information content (AvgIpc) is 2.20. The molecule has 0 bridgehead atoms. The second kappa shape index (κ2) is 13.4. The summed E-state index contributed by atoms with van der Waals surface area (Å²) in [5.74, 6) is 0.759. The third kappa shape index (κ3) is 12.4. The molecule has 0 heterocycles. The first-order valence-electron chi connectivity index (χ1n) is 6.10. The van der Waals surface area contributed by atoms with Crippen LogP contribution in [0.25, 0.3) is 0 Å². The van der Waals surface area contributed by atoms with Gasteiger partial charge in [-0.1, -0.05) is 13.8 Å². The first-order chi connectivity index (χ1) is 7.47. The van der Waals surface area contributed by atoms with E-state index in [0.717, 1.165) is 19.4 Å². The van der Waals surface area contributed by atoms with E-state index >= 15 is 0 Å². The van der Waals surface area contributed by atoms with Gasteiger partial charge in [0.05, 0.1) is 0 Å². The number of nitrogens with one attached hydrogen (secondary N) is 1. The molecule has 4 nitrogen and oxygen atoms in total. The Bertz CT molecular complexity index is 202. The van der Waals surface area contributed by atoms with Gasteiger partial charge in [-0.2, -0.15) is 0 Å². The highest BCUT2D eigenvalue weighted by atomic mass is 35.5. The monoisotopic (exact) mass is 301 g/mol. The lowest BCUT2D eigenvalue weighted by Gasteiger charge is -2.26. The largest absolute Gasteiger partial charge is 0.355 e. The van der Waals surface area contributed by atoms with E-state index in [9.17, 15) is 4.79 Å². The van der Waals surface area contributed by atoms with Gasteiger partial charge in [0, 0.05) is 19.0 Å². The maximum atomic E-state index is 11.4. The van der Waals surface area contributed by atoms with E-state index in [-0.39, 0.29) is 30.7 Å². The molecule has 0 aliphatic carbocycles. The fourth-order valence-electron chi connectivity index (χ4n) is 1.60. The summed E-state index contributed by atoms with van der Waals surface area (Å²) in [7, 11) is 4.11. The average molecular weight is 302 g/mol. The van der Waals surface area contributed by atoms with Crippen LogP contribution in [0.3, 0.4) is 0 Å². The SMILES string of the molecule is CC(C)CC(CNC(=O)CCCN)N(C)C.Cl.Cl. The van der Waals surface area contributed by atoms with Crippen molar-refractivity contribution in [3.63, 3.8) is 0 Å². The highest BCUT2D eigenvalue weighted by Crippen LogP contribution is 2.08. The lowest BCUT2D eigenvalue weighted by Crippen LogP contribution is -2.41. The summed E-state index contributed by atoms with van der Waals surface area (Å²) in [6.45, 7) is 5.71. The number of halogens is 2. The molecule has 0 aromatic rings. The fourth-order valence-corrected chi connectivity index (χ4v) is 1.60. The number of hydrogen-bond donors (Lipinski definition) is 2. The lowest BCUT2D eigenvalue weighted by molar-refractivity contribution is -0.121. The molecule has 0 saturated heterocycles. The van der Waals surface area contributed by atoms with Gasteiger partial charge in [0.15, 0.2) is 0 Å². The van der Waals surface area contributed by atoms with Crippen LogP contribution in [0, 0.1) is 5.92 Å².